The summed E-state index contributed by atoms with van der Waals surface area (Å²) in [5.74, 6) is 0.700. The zero-order valence-corrected chi connectivity index (χ0v) is 10.3. The van der Waals surface area contributed by atoms with Crippen molar-refractivity contribution in [1.82, 2.24) is 0 Å². The first-order valence-corrected chi connectivity index (χ1v) is 6.27. The molecule has 0 saturated carbocycles. The lowest BCUT2D eigenvalue weighted by Crippen LogP contribution is -2.36. The van der Waals surface area contributed by atoms with Gasteiger partial charge in [0.1, 0.15) is 0 Å². The van der Waals surface area contributed by atoms with E-state index in [9.17, 15) is 0 Å². The second-order valence-electron chi connectivity index (χ2n) is 5.11. The Morgan fingerprint density at radius 2 is 2.12 bits per heavy atom. The number of hydrogen-bond donors (Lipinski definition) is 1. The highest BCUT2D eigenvalue weighted by molar-refractivity contribution is 5.59. The third-order valence-electron chi connectivity index (χ3n) is 3.26. The number of benzene rings is 1. The quantitative estimate of drug-likeness (QED) is 0.841. The monoisotopic (exact) mass is 218 g/mol. The van der Waals surface area contributed by atoms with Crippen molar-refractivity contribution in [3.63, 3.8) is 0 Å². The highest BCUT2D eigenvalue weighted by Gasteiger charge is 2.28. The van der Waals surface area contributed by atoms with E-state index < -0.39 is 0 Å². The van der Waals surface area contributed by atoms with Crippen LogP contribution < -0.4 is 10.6 Å². The fourth-order valence-electron chi connectivity index (χ4n) is 2.62. The number of nitrogens with zero attached hydrogens (tertiary/aromatic N) is 1. The molecule has 2 N–H and O–H groups in total. The first kappa shape index (κ1) is 11.5. The number of hydrogen-bond acceptors (Lipinski definition) is 2. The van der Waals surface area contributed by atoms with Crippen molar-refractivity contribution in [3.8, 4) is 0 Å². The van der Waals surface area contributed by atoms with Gasteiger partial charge in [-0.15, -0.1) is 0 Å². The summed E-state index contributed by atoms with van der Waals surface area (Å²) in [7, 11) is 0. The van der Waals surface area contributed by atoms with Crippen molar-refractivity contribution in [2.75, 3.05) is 18.0 Å². The summed E-state index contributed by atoms with van der Waals surface area (Å²) in [6, 6.07) is 9.38. The molecule has 1 aliphatic rings. The molecule has 1 unspecified atom stereocenters. The summed E-state index contributed by atoms with van der Waals surface area (Å²) < 4.78 is 0. The minimum Gasteiger partial charge on any atom is -0.368 e. The second kappa shape index (κ2) is 4.88. The van der Waals surface area contributed by atoms with E-state index in [1.165, 1.54) is 17.7 Å². The standard InChI is InChI=1S/C14H22N2/c1-11(2)10-16-13(7-8-15)9-12-5-3-4-6-14(12)16/h3-6,11,13H,7-10,15H2,1-2H3. The number of para-hydroxylation sites is 1. The van der Waals surface area contributed by atoms with E-state index in [0.29, 0.717) is 12.0 Å². The van der Waals surface area contributed by atoms with E-state index in [1.807, 2.05) is 0 Å². The number of anilines is 1. The Morgan fingerprint density at radius 3 is 2.81 bits per heavy atom. The molecule has 1 heterocycles. The van der Waals surface area contributed by atoms with Crippen molar-refractivity contribution in [1.29, 1.82) is 0 Å². The average Bonchev–Trinajstić information content (AvgIpc) is 2.57. The Labute approximate surface area is 98.4 Å². The first-order chi connectivity index (χ1) is 7.72. The normalized spacial score (nSPS) is 19.2. The van der Waals surface area contributed by atoms with Gasteiger partial charge in [-0.25, -0.2) is 0 Å². The molecule has 1 atom stereocenters. The van der Waals surface area contributed by atoms with Gasteiger partial charge in [-0.2, -0.15) is 0 Å². The summed E-state index contributed by atoms with van der Waals surface area (Å²) in [5, 5.41) is 0. The van der Waals surface area contributed by atoms with Gasteiger partial charge >= 0.3 is 0 Å². The van der Waals surface area contributed by atoms with Crippen molar-refractivity contribution in [3.05, 3.63) is 29.8 Å². The van der Waals surface area contributed by atoms with Crippen LogP contribution in [0.1, 0.15) is 25.8 Å². The van der Waals surface area contributed by atoms with E-state index in [1.54, 1.807) is 0 Å². The minimum atomic E-state index is 0.616. The summed E-state index contributed by atoms with van der Waals surface area (Å²) in [6.07, 6.45) is 2.27. The highest BCUT2D eigenvalue weighted by atomic mass is 15.2. The summed E-state index contributed by atoms with van der Waals surface area (Å²) in [5.41, 5.74) is 8.62. The van der Waals surface area contributed by atoms with Crippen LogP contribution in [0.15, 0.2) is 24.3 Å². The molecule has 2 rings (SSSR count). The molecule has 0 fully saturated rings. The van der Waals surface area contributed by atoms with Crippen LogP contribution in [0, 0.1) is 5.92 Å². The van der Waals surface area contributed by atoms with Crippen LogP contribution in [-0.2, 0) is 6.42 Å². The Morgan fingerprint density at radius 1 is 1.38 bits per heavy atom. The molecule has 1 aromatic carbocycles. The Balaban J connectivity index is 2.21. The zero-order valence-electron chi connectivity index (χ0n) is 10.3. The largest absolute Gasteiger partial charge is 0.368 e. The van der Waals surface area contributed by atoms with Crippen LogP contribution >= 0.6 is 0 Å². The predicted molar refractivity (Wildman–Crippen MR) is 69.8 cm³/mol. The number of rotatable bonds is 4. The van der Waals surface area contributed by atoms with Gasteiger partial charge in [0.05, 0.1) is 0 Å². The summed E-state index contributed by atoms with van der Waals surface area (Å²) in [6.45, 7) is 6.48. The maximum atomic E-state index is 5.71. The van der Waals surface area contributed by atoms with Crippen LogP contribution in [0.2, 0.25) is 0 Å². The van der Waals surface area contributed by atoms with Crippen molar-refractivity contribution in [2.45, 2.75) is 32.7 Å². The van der Waals surface area contributed by atoms with Gasteiger partial charge in [0.2, 0.25) is 0 Å². The third kappa shape index (κ3) is 2.22. The first-order valence-electron chi connectivity index (χ1n) is 6.27. The van der Waals surface area contributed by atoms with E-state index in [2.05, 4.69) is 43.0 Å². The Hall–Kier alpha value is -1.02. The van der Waals surface area contributed by atoms with Gasteiger partial charge in [-0.1, -0.05) is 32.0 Å². The lowest BCUT2D eigenvalue weighted by atomic mass is 10.1. The molecule has 16 heavy (non-hydrogen) atoms. The Kier molecular flexibility index (Phi) is 3.49. The molecule has 88 valence electrons. The van der Waals surface area contributed by atoms with Crippen LogP contribution in [0.3, 0.4) is 0 Å². The number of fused-ring (bicyclic) bond motifs is 1. The molecule has 0 amide bonds. The van der Waals surface area contributed by atoms with E-state index >= 15 is 0 Å². The lowest BCUT2D eigenvalue weighted by molar-refractivity contribution is 0.528. The van der Waals surface area contributed by atoms with Crippen LogP contribution in [-0.4, -0.2) is 19.1 Å². The molecule has 0 radical (unpaired) electrons. The fraction of sp³-hybridized carbons (Fsp3) is 0.571. The highest BCUT2D eigenvalue weighted by Crippen LogP contribution is 2.33. The molecule has 0 aromatic heterocycles. The van der Waals surface area contributed by atoms with E-state index in [4.69, 9.17) is 5.73 Å². The maximum absolute atomic E-state index is 5.71. The van der Waals surface area contributed by atoms with Crippen molar-refractivity contribution >= 4 is 5.69 Å². The third-order valence-corrected chi connectivity index (χ3v) is 3.26. The number of nitrogens with two attached hydrogens (primary N) is 1. The van der Waals surface area contributed by atoms with Crippen LogP contribution in [0.4, 0.5) is 5.69 Å². The van der Waals surface area contributed by atoms with Gasteiger partial charge in [-0.3, -0.25) is 0 Å². The molecule has 2 nitrogen and oxygen atoms in total. The van der Waals surface area contributed by atoms with Crippen molar-refractivity contribution in [2.24, 2.45) is 11.7 Å². The van der Waals surface area contributed by atoms with Crippen LogP contribution in [0.25, 0.3) is 0 Å². The molecular formula is C14H22N2. The molecule has 1 aromatic rings. The minimum absolute atomic E-state index is 0.616. The summed E-state index contributed by atoms with van der Waals surface area (Å²) in [4.78, 5) is 2.55. The molecule has 0 saturated heterocycles. The van der Waals surface area contributed by atoms with E-state index in [-0.39, 0.29) is 0 Å². The smallest absolute Gasteiger partial charge is 0.0402 e. The van der Waals surface area contributed by atoms with Gasteiger partial charge in [0, 0.05) is 18.3 Å². The van der Waals surface area contributed by atoms with Gasteiger partial charge in [0.25, 0.3) is 0 Å². The molecular weight excluding hydrogens is 196 g/mol. The molecule has 1 aliphatic heterocycles. The predicted octanol–water partition coefficient (Wildman–Crippen LogP) is 2.42. The SMILES string of the molecule is CC(C)CN1c2ccccc2CC1CCN. The van der Waals surface area contributed by atoms with Gasteiger partial charge in [-0.05, 0) is 36.9 Å². The summed E-state index contributed by atoms with van der Waals surface area (Å²) >= 11 is 0. The molecule has 0 aliphatic carbocycles. The van der Waals surface area contributed by atoms with Gasteiger partial charge < -0.3 is 10.6 Å². The second-order valence-corrected chi connectivity index (χ2v) is 5.11. The molecule has 0 bridgehead atoms. The lowest BCUT2D eigenvalue weighted by Gasteiger charge is -2.29. The fourth-order valence-corrected chi connectivity index (χ4v) is 2.62. The molecule has 0 spiro atoms. The van der Waals surface area contributed by atoms with E-state index in [0.717, 1.165) is 19.5 Å². The maximum Gasteiger partial charge on any atom is 0.0402 e. The zero-order chi connectivity index (χ0) is 11.5. The topological polar surface area (TPSA) is 29.3 Å². The molecule has 2 heteroatoms. The average molecular weight is 218 g/mol. The van der Waals surface area contributed by atoms with Gasteiger partial charge in [0.15, 0.2) is 0 Å². The van der Waals surface area contributed by atoms with Crippen molar-refractivity contribution < 1.29 is 0 Å². The van der Waals surface area contributed by atoms with Crippen LogP contribution in [0.5, 0.6) is 0 Å². The Bertz CT molecular complexity index is 346.